The van der Waals surface area contributed by atoms with E-state index in [1.165, 1.54) is 12.1 Å². The minimum Gasteiger partial charge on any atom is -0.361 e. The van der Waals surface area contributed by atoms with E-state index in [0.717, 1.165) is 16.7 Å². The van der Waals surface area contributed by atoms with Gasteiger partial charge < -0.3 is 19.5 Å². The van der Waals surface area contributed by atoms with Crippen LogP contribution in [0.25, 0.3) is 11.1 Å². The van der Waals surface area contributed by atoms with Crippen molar-refractivity contribution in [3.63, 3.8) is 0 Å². The van der Waals surface area contributed by atoms with Gasteiger partial charge in [-0.15, -0.1) is 0 Å². The van der Waals surface area contributed by atoms with Gasteiger partial charge in [0, 0.05) is 6.54 Å². The van der Waals surface area contributed by atoms with Crippen molar-refractivity contribution in [1.29, 1.82) is 0 Å². The van der Waals surface area contributed by atoms with E-state index < -0.39 is 5.60 Å². The molecule has 34 heavy (non-hydrogen) atoms. The Morgan fingerprint density at radius 3 is 2.79 bits per heavy atom. The lowest BCUT2D eigenvalue weighted by molar-refractivity contribution is -0.156. The maximum absolute atomic E-state index is 13.6. The highest BCUT2D eigenvalue weighted by molar-refractivity contribution is 5.93. The van der Waals surface area contributed by atoms with Crippen LogP contribution in [0.5, 0.6) is 0 Å². The molecule has 3 aromatic rings. The number of hydrogen-bond donors (Lipinski definition) is 1. The molecule has 8 heteroatoms. The summed E-state index contributed by atoms with van der Waals surface area (Å²) >= 11 is 0. The summed E-state index contributed by atoms with van der Waals surface area (Å²) in [6.45, 7) is 4.88. The van der Waals surface area contributed by atoms with Crippen molar-refractivity contribution in [2.45, 2.75) is 38.0 Å². The molecule has 1 N–H and O–H groups in total. The molecule has 3 unspecified atom stereocenters. The second-order valence-electron chi connectivity index (χ2n) is 9.19. The summed E-state index contributed by atoms with van der Waals surface area (Å²) in [7, 11) is 0. The van der Waals surface area contributed by atoms with Gasteiger partial charge in [0.2, 0.25) is 5.91 Å². The van der Waals surface area contributed by atoms with Crippen LogP contribution in [0.2, 0.25) is 0 Å². The zero-order valence-corrected chi connectivity index (χ0v) is 19.2. The van der Waals surface area contributed by atoms with E-state index in [0.29, 0.717) is 25.2 Å². The van der Waals surface area contributed by atoms with Crippen LogP contribution in [0.15, 0.2) is 61.1 Å². The number of benzene rings is 2. The number of aromatic nitrogens is 2. The van der Waals surface area contributed by atoms with Crippen LogP contribution >= 0.6 is 0 Å². The van der Waals surface area contributed by atoms with Crippen molar-refractivity contribution < 1.29 is 18.7 Å². The number of amides is 2. The number of ether oxygens (including phenoxy) is 1. The molecule has 2 aliphatic heterocycles. The number of likely N-dealkylation sites (tertiary alicyclic amines) is 1. The molecule has 2 fully saturated rings. The molecule has 2 aromatic carbocycles. The Morgan fingerprint density at radius 1 is 1.24 bits per heavy atom. The molecule has 0 spiro atoms. The molecule has 1 aromatic heterocycles. The number of piperidine rings is 1. The van der Waals surface area contributed by atoms with Crippen LogP contribution in [0.3, 0.4) is 0 Å². The molecule has 0 aliphatic carbocycles. The van der Waals surface area contributed by atoms with Gasteiger partial charge in [0.1, 0.15) is 23.7 Å². The molecule has 3 heterocycles. The highest BCUT2D eigenvalue weighted by Crippen LogP contribution is 2.32. The van der Waals surface area contributed by atoms with Crippen LogP contribution in [-0.4, -0.2) is 57.6 Å². The average molecular weight is 463 g/mol. The van der Waals surface area contributed by atoms with Crippen LogP contribution in [0, 0.1) is 5.82 Å². The van der Waals surface area contributed by atoms with Crippen molar-refractivity contribution >= 4 is 11.8 Å². The number of imidazole rings is 1. The number of carbonyl (C=O) groups excluding carboxylic acids is 2. The lowest BCUT2D eigenvalue weighted by atomic mass is 9.87. The van der Waals surface area contributed by atoms with Gasteiger partial charge in [0.15, 0.2) is 0 Å². The molecule has 2 saturated heterocycles. The van der Waals surface area contributed by atoms with E-state index in [1.807, 2.05) is 42.7 Å². The molecule has 0 radical (unpaired) electrons. The Hall–Kier alpha value is -3.52. The average Bonchev–Trinajstić information content (AvgIpc) is 3.33. The highest BCUT2D eigenvalue weighted by atomic mass is 19.1. The Morgan fingerprint density at radius 2 is 2.00 bits per heavy atom. The second-order valence-corrected chi connectivity index (χ2v) is 9.19. The van der Waals surface area contributed by atoms with E-state index in [-0.39, 0.29) is 36.3 Å². The quantitative estimate of drug-likeness (QED) is 0.645. The molecule has 2 amide bonds. The molecule has 7 nitrogen and oxygen atoms in total. The standard InChI is InChI=1S/C26H27FN4O3/c1-17(20-5-3-4-6-21(20)18-7-9-19(27)10-8-18)31-16-28-13-22(31)25(33)30-12-11-23-26(2,15-30)34-14-24(32)29-23/h3-10,13,16-17,23H,11-12,14-15H2,1-2H3,(H,29,32). The van der Waals surface area contributed by atoms with Gasteiger partial charge in [0.25, 0.3) is 5.91 Å². The highest BCUT2D eigenvalue weighted by Gasteiger charge is 2.46. The largest absolute Gasteiger partial charge is 0.361 e. The fraction of sp³-hybridized carbons (Fsp3) is 0.346. The van der Waals surface area contributed by atoms with Gasteiger partial charge in [-0.3, -0.25) is 9.59 Å². The number of halogens is 1. The van der Waals surface area contributed by atoms with Gasteiger partial charge in [-0.05, 0) is 49.1 Å². The van der Waals surface area contributed by atoms with Crippen LogP contribution in [0.1, 0.15) is 42.4 Å². The van der Waals surface area contributed by atoms with Gasteiger partial charge in [-0.1, -0.05) is 36.4 Å². The van der Waals surface area contributed by atoms with E-state index in [2.05, 4.69) is 10.3 Å². The minimum atomic E-state index is -0.618. The summed E-state index contributed by atoms with van der Waals surface area (Å²) < 4.78 is 21.2. The summed E-state index contributed by atoms with van der Waals surface area (Å²) in [4.78, 5) is 31.4. The van der Waals surface area contributed by atoms with Gasteiger partial charge in [-0.2, -0.15) is 0 Å². The monoisotopic (exact) mass is 462 g/mol. The number of nitrogens with one attached hydrogen (secondary N) is 1. The van der Waals surface area contributed by atoms with E-state index >= 15 is 0 Å². The second kappa shape index (κ2) is 8.68. The zero-order valence-electron chi connectivity index (χ0n) is 19.2. The maximum atomic E-state index is 13.6. The number of hydrogen-bond acceptors (Lipinski definition) is 4. The molecule has 0 bridgehead atoms. The first-order valence-electron chi connectivity index (χ1n) is 11.4. The SMILES string of the molecule is CC(c1ccccc1-c1ccc(F)cc1)n1cncc1C(=O)N1CCC2NC(=O)COC2(C)C1. The first-order chi connectivity index (χ1) is 16.4. The fourth-order valence-corrected chi connectivity index (χ4v) is 5.01. The Labute approximate surface area is 197 Å². The maximum Gasteiger partial charge on any atom is 0.272 e. The molecule has 0 saturated carbocycles. The van der Waals surface area contributed by atoms with Gasteiger partial charge in [-0.25, -0.2) is 9.37 Å². The van der Waals surface area contributed by atoms with Gasteiger partial charge in [0.05, 0.1) is 31.2 Å². The van der Waals surface area contributed by atoms with E-state index in [1.54, 1.807) is 29.6 Å². The lowest BCUT2D eigenvalue weighted by Gasteiger charge is -2.48. The van der Waals surface area contributed by atoms with E-state index in [4.69, 9.17) is 4.74 Å². The first-order valence-corrected chi connectivity index (χ1v) is 11.4. The summed E-state index contributed by atoms with van der Waals surface area (Å²) in [5.74, 6) is -0.520. The Balaban J connectivity index is 1.42. The van der Waals surface area contributed by atoms with Crippen molar-refractivity contribution in [2.75, 3.05) is 19.7 Å². The number of rotatable bonds is 4. The molecule has 176 valence electrons. The lowest BCUT2D eigenvalue weighted by Crippen LogP contribution is -2.67. The summed E-state index contributed by atoms with van der Waals surface area (Å²) in [5.41, 5.74) is 2.76. The topological polar surface area (TPSA) is 76.5 Å². The number of carbonyl (C=O) groups is 2. The number of fused-ring (bicyclic) bond motifs is 1. The predicted molar refractivity (Wildman–Crippen MR) is 125 cm³/mol. The third-order valence-corrected chi connectivity index (χ3v) is 6.95. The van der Waals surface area contributed by atoms with Gasteiger partial charge >= 0.3 is 0 Å². The fourth-order valence-electron chi connectivity index (χ4n) is 5.01. The third-order valence-electron chi connectivity index (χ3n) is 6.95. The number of morpholine rings is 1. The smallest absolute Gasteiger partial charge is 0.272 e. The summed E-state index contributed by atoms with van der Waals surface area (Å²) in [5, 5.41) is 2.99. The Kier molecular flexibility index (Phi) is 5.69. The van der Waals surface area contributed by atoms with Crippen molar-refractivity contribution in [3.05, 3.63) is 78.1 Å². The van der Waals surface area contributed by atoms with E-state index in [9.17, 15) is 14.0 Å². The van der Waals surface area contributed by atoms with Crippen LogP contribution in [0.4, 0.5) is 4.39 Å². The molecular formula is C26H27FN4O3. The van der Waals surface area contributed by atoms with Crippen molar-refractivity contribution in [1.82, 2.24) is 19.8 Å². The summed E-state index contributed by atoms with van der Waals surface area (Å²) in [6, 6.07) is 14.0. The van der Waals surface area contributed by atoms with Crippen molar-refractivity contribution in [2.24, 2.45) is 0 Å². The Bertz CT molecular complexity index is 1220. The minimum absolute atomic E-state index is 0.00413. The molecule has 5 rings (SSSR count). The summed E-state index contributed by atoms with van der Waals surface area (Å²) in [6.07, 6.45) is 3.90. The third kappa shape index (κ3) is 3.98. The first kappa shape index (κ1) is 22.3. The molecule has 2 aliphatic rings. The zero-order chi connectivity index (χ0) is 23.9. The normalized spacial score (nSPS) is 23.2. The van der Waals surface area contributed by atoms with Crippen LogP contribution < -0.4 is 5.32 Å². The number of nitrogens with zero attached hydrogens (tertiary/aromatic N) is 3. The predicted octanol–water partition coefficient (Wildman–Crippen LogP) is 3.42. The molecule has 3 atom stereocenters. The molecular weight excluding hydrogens is 435 g/mol. The van der Waals surface area contributed by atoms with Crippen LogP contribution in [-0.2, 0) is 9.53 Å². The van der Waals surface area contributed by atoms with Crippen molar-refractivity contribution in [3.8, 4) is 11.1 Å².